The first-order chi connectivity index (χ1) is 9.88. The molecule has 2 rings (SSSR count). The van der Waals surface area contributed by atoms with Crippen molar-refractivity contribution >= 4 is 17.2 Å². The van der Waals surface area contributed by atoms with Crippen LogP contribution >= 0.6 is 11.3 Å². The fraction of sp³-hybridized carbons (Fsp3) is 0.333. The summed E-state index contributed by atoms with van der Waals surface area (Å²) in [6, 6.07) is 3.34. The number of hydrogen-bond donors (Lipinski definition) is 0. The minimum atomic E-state index is -0.907. The summed E-state index contributed by atoms with van der Waals surface area (Å²) >= 11 is 1.49. The highest BCUT2D eigenvalue weighted by atomic mass is 32.1. The number of halogens is 2. The summed E-state index contributed by atoms with van der Waals surface area (Å²) in [7, 11) is 1.65. The first-order valence-electron chi connectivity index (χ1n) is 6.50. The number of carbonyl (C=O) groups is 1. The largest absolute Gasteiger partial charge is 0.339 e. The molecule has 1 atom stereocenters. The van der Waals surface area contributed by atoms with Crippen LogP contribution in [0.15, 0.2) is 23.6 Å². The van der Waals surface area contributed by atoms with E-state index < -0.39 is 11.6 Å². The highest BCUT2D eigenvalue weighted by molar-refractivity contribution is 7.09. The number of thiazole rings is 1. The molecule has 0 fully saturated rings. The summed E-state index contributed by atoms with van der Waals surface area (Å²) < 4.78 is 26.2. The smallest absolute Gasteiger partial charge is 0.228 e. The minimum Gasteiger partial charge on any atom is -0.339 e. The Morgan fingerprint density at radius 3 is 2.67 bits per heavy atom. The van der Waals surface area contributed by atoms with Crippen molar-refractivity contribution in [3.05, 3.63) is 51.5 Å². The molecule has 1 heterocycles. The molecule has 21 heavy (non-hydrogen) atoms. The predicted octanol–water partition coefficient (Wildman–Crippen LogP) is 3.49. The lowest BCUT2D eigenvalue weighted by atomic mass is 10.1. The number of benzene rings is 1. The van der Waals surface area contributed by atoms with Crippen LogP contribution in [0.25, 0.3) is 0 Å². The average Bonchev–Trinajstić information content (AvgIpc) is 2.85. The number of likely N-dealkylation sites (N-methyl/N-ethyl adjacent to an activating group) is 1. The van der Waals surface area contributed by atoms with Crippen LogP contribution in [0.2, 0.25) is 0 Å². The standard InChI is InChI=1S/C15H16F2N2OS/c1-9(11-4-5-13(16)14(17)6-11)19(3)15(20)7-12-8-21-10(2)18-12/h4-6,8-9H,7H2,1-3H3. The Bertz CT molecular complexity index is 657. The fourth-order valence-electron chi connectivity index (χ4n) is 1.98. The summed E-state index contributed by atoms with van der Waals surface area (Å²) in [5.74, 6) is -1.91. The molecule has 0 spiro atoms. The predicted molar refractivity (Wildman–Crippen MR) is 78.1 cm³/mol. The third kappa shape index (κ3) is 3.64. The lowest BCUT2D eigenvalue weighted by Crippen LogP contribution is -2.31. The molecule has 0 radical (unpaired) electrons. The van der Waals surface area contributed by atoms with Crippen LogP contribution in [-0.4, -0.2) is 22.8 Å². The van der Waals surface area contributed by atoms with Crippen molar-refractivity contribution in [3.63, 3.8) is 0 Å². The van der Waals surface area contributed by atoms with Crippen LogP contribution in [0.1, 0.15) is 29.2 Å². The maximum absolute atomic E-state index is 13.3. The lowest BCUT2D eigenvalue weighted by Gasteiger charge is -2.25. The molecule has 0 bridgehead atoms. The van der Waals surface area contributed by atoms with Crippen molar-refractivity contribution in [1.29, 1.82) is 0 Å². The van der Waals surface area contributed by atoms with Crippen molar-refractivity contribution in [2.24, 2.45) is 0 Å². The van der Waals surface area contributed by atoms with E-state index in [1.165, 1.54) is 22.3 Å². The van der Waals surface area contributed by atoms with Crippen molar-refractivity contribution in [2.45, 2.75) is 26.3 Å². The van der Waals surface area contributed by atoms with E-state index in [4.69, 9.17) is 0 Å². The van der Waals surface area contributed by atoms with E-state index in [0.29, 0.717) is 5.56 Å². The number of rotatable bonds is 4. The highest BCUT2D eigenvalue weighted by Crippen LogP contribution is 2.21. The highest BCUT2D eigenvalue weighted by Gasteiger charge is 2.19. The molecule has 3 nitrogen and oxygen atoms in total. The van der Waals surface area contributed by atoms with Crippen molar-refractivity contribution in [3.8, 4) is 0 Å². The molecular weight excluding hydrogens is 294 g/mol. The van der Waals surface area contributed by atoms with Gasteiger partial charge in [-0.2, -0.15) is 0 Å². The normalized spacial score (nSPS) is 12.2. The van der Waals surface area contributed by atoms with Crippen LogP contribution in [0.3, 0.4) is 0 Å². The van der Waals surface area contributed by atoms with Gasteiger partial charge >= 0.3 is 0 Å². The molecule has 1 aromatic heterocycles. The summed E-state index contributed by atoms with van der Waals surface area (Å²) in [6.45, 7) is 3.66. The van der Waals surface area contributed by atoms with Gasteiger partial charge in [-0.1, -0.05) is 6.07 Å². The number of aromatic nitrogens is 1. The maximum Gasteiger partial charge on any atom is 0.228 e. The Morgan fingerprint density at radius 1 is 1.38 bits per heavy atom. The van der Waals surface area contributed by atoms with Gasteiger partial charge in [0.25, 0.3) is 0 Å². The van der Waals surface area contributed by atoms with E-state index in [0.717, 1.165) is 22.8 Å². The maximum atomic E-state index is 13.3. The summed E-state index contributed by atoms with van der Waals surface area (Å²) in [5.41, 5.74) is 1.28. The quantitative estimate of drug-likeness (QED) is 0.866. The number of aryl methyl sites for hydroxylation is 1. The van der Waals surface area contributed by atoms with Gasteiger partial charge in [-0.3, -0.25) is 4.79 Å². The summed E-state index contributed by atoms with van der Waals surface area (Å²) in [5, 5.41) is 2.76. The molecule has 0 aliphatic rings. The van der Waals surface area contributed by atoms with Crippen LogP contribution in [0, 0.1) is 18.6 Å². The Morgan fingerprint density at radius 2 is 2.10 bits per heavy atom. The van der Waals surface area contributed by atoms with Crippen molar-refractivity contribution < 1.29 is 13.6 Å². The van der Waals surface area contributed by atoms with E-state index >= 15 is 0 Å². The second-order valence-electron chi connectivity index (χ2n) is 4.89. The first kappa shape index (κ1) is 15.6. The summed E-state index contributed by atoms with van der Waals surface area (Å²) in [4.78, 5) is 18.0. The third-order valence-electron chi connectivity index (χ3n) is 3.40. The number of amides is 1. The van der Waals surface area contributed by atoms with Crippen LogP contribution in [0.4, 0.5) is 8.78 Å². The second-order valence-corrected chi connectivity index (χ2v) is 5.95. The van der Waals surface area contributed by atoms with E-state index in [1.54, 1.807) is 14.0 Å². The molecule has 0 saturated heterocycles. The topological polar surface area (TPSA) is 33.2 Å². The Labute approximate surface area is 126 Å². The first-order valence-corrected chi connectivity index (χ1v) is 7.38. The van der Waals surface area contributed by atoms with Crippen molar-refractivity contribution in [1.82, 2.24) is 9.88 Å². The molecule has 112 valence electrons. The molecule has 0 N–H and O–H groups in total. The van der Waals surface area contributed by atoms with Gasteiger partial charge < -0.3 is 4.90 Å². The summed E-state index contributed by atoms with van der Waals surface area (Å²) in [6.07, 6.45) is 0.203. The lowest BCUT2D eigenvalue weighted by molar-refractivity contribution is -0.131. The third-order valence-corrected chi connectivity index (χ3v) is 4.22. The van der Waals surface area contributed by atoms with Gasteiger partial charge in [0.2, 0.25) is 5.91 Å². The van der Waals surface area contributed by atoms with E-state index in [9.17, 15) is 13.6 Å². The SMILES string of the molecule is Cc1nc(CC(=O)N(C)C(C)c2ccc(F)c(F)c2)cs1. The van der Waals surface area contributed by atoms with Gasteiger partial charge in [0.1, 0.15) is 0 Å². The number of nitrogens with zero attached hydrogens (tertiary/aromatic N) is 2. The molecule has 0 saturated carbocycles. The van der Waals surface area contributed by atoms with Crippen LogP contribution < -0.4 is 0 Å². The van der Waals surface area contributed by atoms with E-state index in [1.807, 2.05) is 12.3 Å². The minimum absolute atomic E-state index is 0.113. The Hall–Kier alpha value is -1.82. The molecule has 2 aromatic rings. The fourth-order valence-corrected chi connectivity index (χ4v) is 2.59. The van der Waals surface area contributed by atoms with Crippen molar-refractivity contribution in [2.75, 3.05) is 7.05 Å². The molecule has 6 heteroatoms. The van der Waals surface area contributed by atoms with E-state index in [2.05, 4.69) is 4.98 Å². The zero-order chi connectivity index (χ0) is 15.6. The zero-order valence-electron chi connectivity index (χ0n) is 12.1. The molecular formula is C15H16F2N2OS. The Balaban J connectivity index is 2.08. The molecule has 0 aliphatic heterocycles. The number of hydrogen-bond acceptors (Lipinski definition) is 3. The monoisotopic (exact) mass is 310 g/mol. The molecule has 1 aromatic carbocycles. The second kappa shape index (κ2) is 6.30. The van der Waals surface area contributed by atoms with Crippen LogP contribution in [0.5, 0.6) is 0 Å². The van der Waals surface area contributed by atoms with Gasteiger partial charge in [-0.15, -0.1) is 11.3 Å². The van der Waals surface area contributed by atoms with E-state index in [-0.39, 0.29) is 18.4 Å². The molecule has 1 amide bonds. The van der Waals surface area contributed by atoms with Gasteiger partial charge in [-0.25, -0.2) is 13.8 Å². The average molecular weight is 310 g/mol. The van der Waals surface area contributed by atoms with Gasteiger partial charge in [0.05, 0.1) is 23.2 Å². The van der Waals surface area contributed by atoms with Gasteiger partial charge in [0, 0.05) is 12.4 Å². The zero-order valence-corrected chi connectivity index (χ0v) is 12.9. The van der Waals surface area contributed by atoms with Gasteiger partial charge in [-0.05, 0) is 31.5 Å². The number of carbonyl (C=O) groups excluding carboxylic acids is 1. The van der Waals surface area contributed by atoms with Gasteiger partial charge in [0.15, 0.2) is 11.6 Å². The molecule has 1 unspecified atom stereocenters. The molecule has 0 aliphatic carbocycles. The Kier molecular flexibility index (Phi) is 4.67. The van der Waals surface area contributed by atoms with Crippen LogP contribution in [-0.2, 0) is 11.2 Å².